The van der Waals surface area contributed by atoms with E-state index < -0.39 is 51.5 Å². The van der Waals surface area contributed by atoms with Crippen molar-refractivity contribution in [3.63, 3.8) is 0 Å². The van der Waals surface area contributed by atoms with Gasteiger partial charge in [-0.15, -0.1) is 0 Å². The Hall–Kier alpha value is -1.96. The number of hydrogen-bond donors (Lipinski definition) is 1. The van der Waals surface area contributed by atoms with Gasteiger partial charge >= 0.3 is 5.69 Å². The van der Waals surface area contributed by atoms with Crippen LogP contribution in [-0.4, -0.2) is 83.5 Å². The zero-order valence-electron chi connectivity index (χ0n) is 37.0. The number of carbonyl (C=O) groups is 1. The summed E-state index contributed by atoms with van der Waals surface area (Å²) in [4.78, 5) is 43.3. The molecule has 1 unspecified atom stereocenters. The molecular weight excluding hydrogens is 774 g/mol. The molecule has 1 saturated heterocycles. The SMILES string of the molecule is [C-]#[N+]CCOP(O[C@H]1[C@@H](OCCCCCCCC(=O)CCCCCCCCCCCCCCC)[C@H](n2ccc(=O)[nH]c2=O)O[C@@H]1/C=C/P(C)(C)=O)N(C(C)C)C(C)C. The van der Waals surface area contributed by atoms with E-state index in [1.54, 1.807) is 25.2 Å². The van der Waals surface area contributed by atoms with Gasteiger partial charge in [-0.25, -0.2) is 16.0 Å². The predicted octanol–water partition coefficient (Wildman–Crippen LogP) is 11.0. The Morgan fingerprint density at radius 1 is 0.879 bits per heavy atom. The van der Waals surface area contributed by atoms with Gasteiger partial charge in [0.15, 0.2) is 6.23 Å². The monoisotopic (exact) mass is 853 g/mol. The van der Waals surface area contributed by atoms with Crippen LogP contribution in [-0.2, 0) is 27.9 Å². The van der Waals surface area contributed by atoms with Crippen LogP contribution < -0.4 is 11.2 Å². The van der Waals surface area contributed by atoms with Crippen LogP contribution >= 0.6 is 15.7 Å². The molecule has 12 nitrogen and oxygen atoms in total. The number of unbranched alkanes of at least 4 members (excludes halogenated alkanes) is 16. The summed E-state index contributed by atoms with van der Waals surface area (Å²) < 4.78 is 42.3. The van der Waals surface area contributed by atoms with Gasteiger partial charge < -0.3 is 27.9 Å². The lowest BCUT2D eigenvalue weighted by atomic mass is 10.0. The zero-order chi connectivity index (χ0) is 42.8. The highest BCUT2D eigenvalue weighted by Gasteiger charge is 2.49. The number of ether oxygens (including phenoxy) is 2. The molecule has 0 aliphatic carbocycles. The maximum Gasteiger partial charge on any atom is 0.330 e. The number of H-pyrrole nitrogens is 1. The minimum absolute atomic E-state index is 0.0494. The summed E-state index contributed by atoms with van der Waals surface area (Å²) in [6, 6.07) is 1.36. The van der Waals surface area contributed by atoms with Crippen LogP contribution in [0.2, 0.25) is 0 Å². The van der Waals surface area contributed by atoms with Crippen molar-refractivity contribution >= 4 is 21.5 Å². The number of aromatic nitrogens is 2. The number of nitrogens with zero attached hydrogens (tertiary/aromatic N) is 3. The first-order chi connectivity index (χ1) is 27.8. The van der Waals surface area contributed by atoms with Crippen molar-refractivity contribution in [2.24, 2.45) is 0 Å². The number of rotatable bonds is 34. The fourth-order valence-corrected chi connectivity index (χ4v) is 9.62. The molecule has 0 radical (unpaired) electrons. The summed E-state index contributed by atoms with van der Waals surface area (Å²) in [7, 11) is -4.32. The average molecular weight is 853 g/mol. The second-order valence-corrected chi connectivity index (χ2v) is 21.3. The van der Waals surface area contributed by atoms with Crippen molar-refractivity contribution in [3.8, 4) is 0 Å². The molecule has 332 valence electrons. The van der Waals surface area contributed by atoms with Crippen molar-refractivity contribution in [1.29, 1.82) is 0 Å². The number of hydrogen-bond acceptors (Lipinski definition) is 9. The molecule has 0 aromatic carbocycles. The van der Waals surface area contributed by atoms with Gasteiger partial charge in [-0.2, -0.15) is 0 Å². The van der Waals surface area contributed by atoms with E-state index in [1.165, 1.54) is 87.5 Å². The maximum absolute atomic E-state index is 13.1. The Labute approximate surface area is 351 Å². The second kappa shape index (κ2) is 30.1. The maximum atomic E-state index is 13.1. The lowest BCUT2D eigenvalue weighted by molar-refractivity contribution is -0.119. The van der Waals surface area contributed by atoms with Gasteiger partial charge in [0, 0.05) is 43.8 Å². The van der Waals surface area contributed by atoms with E-state index in [9.17, 15) is 18.9 Å². The lowest BCUT2D eigenvalue weighted by Gasteiger charge is -2.38. The van der Waals surface area contributed by atoms with Crippen molar-refractivity contribution in [2.45, 2.75) is 200 Å². The van der Waals surface area contributed by atoms with Crippen LogP contribution in [0, 0.1) is 6.57 Å². The molecule has 58 heavy (non-hydrogen) atoms. The molecule has 1 fully saturated rings. The summed E-state index contributed by atoms with van der Waals surface area (Å²) in [5, 5.41) is 0. The average Bonchev–Trinajstić information content (AvgIpc) is 3.49. The lowest BCUT2D eigenvalue weighted by Crippen LogP contribution is -2.41. The van der Waals surface area contributed by atoms with Crippen LogP contribution in [0.3, 0.4) is 0 Å². The molecule has 5 atom stereocenters. The number of carbonyl (C=O) groups excluding carboxylic acids is 1. The highest BCUT2D eigenvalue weighted by atomic mass is 31.2. The summed E-state index contributed by atoms with van der Waals surface area (Å²) in [5.41, 5.74) is -1.17. The molecule has 1 aliphatic rings. The number of nitrogens with one attached hydrogen (secondary N) is 1. The highest BCUT2D eigenvalue weighted by Crippen LogP contribution is 2.51. The summed E-state index contributed by atoms with van der Waals surface area (Å²) in [6.07, 6.45) is 22.6. The molecular formula is C44H78N4O8P2. The van der Waals surface area contributed by atoms with Gasteiger partial charge in [0.1, 0.15) is 37.8 Å². The fraction of sp³-hybridized carbons (Fsp3) is 0.818. The first kappa shape index (κ1) is 52.2. The Balaban J connectivity index is 1.94. The molecule has 0 saturated carbocycles. The molecule has 0 spiro atoms. The van der Waals surface area contributed by atoms with Gasteiger partial charge in [-0.05, 0) is 72.2 Å². The quantitative estimate of drug-likeness (QED) is 0.0408. The number of Topliss-reactive ketones (excluding diaryl/α,β-unsaturated/α-hetero) is 1. The molecule has 2 rings (SSSR count). The number of aromatic amines is 1. The van der Waals surface area contributed by atoms with E-state index in [0.717, 1.165) is 44.9 Å². The van der Waals surface area contributed by atoms with Crippen LogP contribution in [0.25, 0.3) is 4.85 Å². The molecule has 0 amide bonds. The Bertz CT molecular complexity index is 1490. The second-order valence-electron chi connectivity index (χ2n) is 16.8. The standard InChI is InChI=1S/C44H78N4O8P2/c1-9-10-11-12-13-14-15-16-17-18-19-21-24-27-38(49)28-25-22-20-23-26-33-53-42-41(56-57(54-34-31-45-6)48(36(2)3)37(4)5)39(30-35-58(7,8)52)55-43(42)47-32-29-40(50)46-44(47)51/h29-30,32,35-37,39,41-43H,9-28,31,33-34H2,1-5,7-8H3,(H,46,50,51)/b35-30+/t39-,41-,42-,43-,57?/m1/s1. The van der Waals surface area contributed by atoms with Crippen LogP contribution in [0.1, 0.15) is 169 Å². The van der Waals surface area contributed by atoms with Gasteiger partial charge in [-0.3, -0.25) is 19.1 Å². The molecule has 1 aromatic heterocycles. The topological polar surface area (TPSA) is 134 Å². The van der Waals surface area contributed by atoms with Crippen LogP contribution in [0.15, 0.2) is 33.7 Å². The van der Waals surface area contributed by atoms with Crippen LogP contribution in [0.4, 0.5) is 0 Å². The third kappa shape index (κ3) is 21.5. The molecule has 14 heteroatoms. The zero-order valence-corrected chi connectivity index (χ0v) is 38.8. The smallest absolute Gasteiger partial charge is 0.330 e. The first-order valence-corrected chi connectivity index (χ1v) is 26.1. The van der Waals surface area contributed by atoms with Gasteiger partial charge in [0.05, 0.1) is 0 Å². The number of ketones is 1. The van der Waals surface area contributed by atoms with E-state index in [0.29, 0.717) is 25.2 Å². The third-order valence-corrected chi connectivity index (χ3v) is 13.3. The summed E-state index contributed by atoms with van der Waals surface area (Å²) >= 11 is 0. The summed E-state index contributed by atoms with van der Waals surface area (Å²) in [6.45, 7) is 21.8. The van der Waals surface area contributed by atoms with E-state index in [4.69, 9.17) is 25.1 Å². The van der Waals surface area contributed by atoms with E-state index in [2.05, 4.69) is 49.1 Å². The van der Waals surface area contributed by atoms with Gasteiger partial charge in [-0.1, -0.05) is 103 Å². The van der Waals surface area contributed by atoms with Crippen molar-refractivity contribution in [1.82, 2.24) is 14.2 Å². The van der Waals surface area contributed by atoms with E-state index in [1.807, 2.05) is 0 Å². The highest BCUT2D eigenvalue weighted by molar-refractivity contribution is 7.65. The van der Waals surface area contributed by atoms with Gasteiger partial charge in [0.25, 0.3) is 14.1 Å². The molecule has 1 aromatic rings. The van der Waals surface area contributed by atoms with Crippen LogP contribution in [0.5, 0.6) is 0 Å². The normalized spacial score (nSPS) is 19.2. The van der Waals surface area contributed by atoms with Crippen molar-refractivity contribution in [2.75, 3.05) is 33.1 Å². The van der Waals surface area contributed by atoms with Gasteiger partial charge in [0.2, 0.25) is 6.54 Å². The molecule has 0 bridgehead atoms. The van der Waals surface area contributed by atoms with E-state index >= 15 is 0 Å². The Morgan fingerprint density at radius 3 is 1.91 bits per heavy atom. The summed E-state index contributed by atoms with van der Waals surface area (Å²) in [5.74, 6) is 2.00. The van der Waals surface area contributed by atoms with E-state index in [-0.39, 0.29) is 25.2 Å². The van der Waals surface area contributed by atoms with Crippen molar-refractivity contribution < 1.29 is 27.9 Å². The molecule has 2 heterocycles. The molecule has 1 N–H and O–H groups in total. The molecule has 1 aliphatic heterocycles. The largest absolute Gasteiger partial charge is 0.371 e. The third-order valence-electron chi connectivity index (χ3n) is 10.3. The minimum atomic E-state index is -2.61. The Kier molecular flexibility index (Phi) is 27.1. The Morgan fingerprint density at radius 2 is 1.41 bits per heavy atom. The minimum Gasteiger partial charge on any atom is -0.371 e. The van der Waals surface area contributed by atoms with Crippen molar-refractivity contribution in [3.05, 3.63) is 56.4 Å². The fourth-order valence-electron chi connectivity index (χ4n) is 7.29. The first-order valence-electron chi connectivity index (χ1n) is 22.3. The predicted molar refractivity (Wildman–Crippen MR) is 238 cm³/mol.